The fraction of sp³-hybridized carbons (Fsp3) is 0. The van der Waals surface area contributed by atoms with Gasteiger partial charge in [-0.3, -0.25) is 4.79 Å². The van der Waals surface area contributed by atoms with Gasteiger partial charge in [0.25, 0.3) is 11.5 Å². The number of rotatable bonds is 0. The molecule has 0 bridgehead atoms. The topological polar surface area (TPSA) is 79.1 Å². The van der Waals surface area contributed by atoms with Gasteiger partial charge in [-0.2, -0.15) is 0 Å². The van der Waals surface area contributed by atoms with Gasteiger partial charge in [0.05, 0.1) is 6.33 Å². The summed E-state index contributed by atoms with van der Waals surface area (Å²) < 4.78 is 5.03. The van der Waals surface area contributed by atoms with E-state index in [1.165, 1.54) is 6.33 Å². The molecule has 2 rings (SSSR count). The minimum atomic E-state index is -0.416. The lowest BCUT2D eigenvalue weighted by atomic mass is 10.5. The Bertz CT molecular complexity index is 487. The molecule has 0 aliphatic heterocycles. The molecule has 6 heteroatoms. The lowest BCUT2D eigenvalue weighted by Gasteiger charge is -1.83. The van der Waals surface area contributed by atoms with E-state index in [1.807, 2.05) is 0 Å². The highest BCUT2D eigenvalue weighted by atomic mass is 79.9. The number of hydrogen-bond donors (Lipinski definition) is 2. The van der Waals surface area contributed by atoms with E-state index in [4.69, 9.17) is 9.52 Å². The van der Waals surface area contributed by atoms with Crippen molar-refractivity contribution in [1.29, 1.82) is 0 Å². The summed E-state index contributed by atoms with van der Waals surface area (Å²) >= 11 is 3.03. The Labute approximate surface area is 74.2 Å². The van der Waals surface area contributed by atoms with E-state index in [0.29, 0.717) is 9.99 Å². The zero-order chi connectivity index (χ0) is 8.72. The standard InChI is InChI=1S/C6H3BrN2O3/c7-2-3-4(12-6(2)11)5(10)9-1-8-3/h1,11H,(H,8,9,10). The summed E-state index contributed by atoms with van der Waals surface area (Å²) in [5.41, 5.74) is -0.0841. The fourth-order valence-electron chi connectivity index (χ4n) is 0.881. The van der Waals surface area contributed by atoms with Crippen LogP contribution in [0.1, 0.15) is 0 Å². The van der Waals surface area contributed by atoms with Crippen LogP contribution in [0.3, 0.4) is 0 Å². The Balaban J connectivity index is 3.05. The molecular formula is C6H3BrN2O3. The number of halogens is 1. The first kappa shape index (κ1) is 7.35. The smallest absolute Gasteiger partial charge is 0.299 e. The van der Waals surface area contributed by atoms with Crippen molar-refractivity contribution in [3.8, 4) is 5.95 Å². The molecule has 0 aromatic carbocycles. The Morgan fingerprint density at radius 2 is 2.42 bits per heavy atom. The van der Waals surface area contributed by atoms with Gasteiger partial charge in [0, 0.05) is 0 Å². The molecule has 0 spiro atoms. The van der Waals surface area contributed by atoms with Gasteiger partial charge in [-0.15, -0.1) is 0 Å². The first-order chi connectivity index (χ1) is 5.70. The zero-order valence-corrected chi connectivity index (χ0v) is 7.25. The minimum Gasteiger partial charge on any atom is -0.480 e. The summed E-state index contributed by atoms with van der Waals surface area (Å²) in [5, 5.41) is 9.06. The van der Waals surface area contributed by atoms with Crippen molar-refractivity contribution < 1.29 is 9.52 Å². The number of fused-ring (bicyclic) bond motifs is 1. The van der Waals surface area contributed by atoms with Crippen LogP contribution < -0.4 is 5.56 Å². The summed E-state index contributed by atoms with van der Waals surface area (Å²) in [6, 6.07) is 0. The largest absolute Gasteiger partial charge is 0.480 e. The Hall–Kier alpha value is -1.30. The van der Waals surface area contributed by atoms with E-state index < -0.39 is 5.56 Å². The Morgan fingerprint density at radius 1 is 1.67 bits per heavy atom. The molecule has 2 heterocycles. The summed E-state index contributed by atoms with van der Waals surface area (Å²) in [4.78, 5) is 17.2. The average Bonchev–Trinajstić information content (AvgIpc) is 2.32. The monoisotopic (exact) mass is 230 g/mol. The Morgan fingerprint density at radius 3 is 3.08 bits per heavy atom. The molecular weight excluding hydrogens is 228 g/mol. The normalized spacial score (nSPS) is 10.8. The first-order valence-electron chi connectivity index (χ1n) is 3.05. The molecule has 5 nitrogen and oxygen atoms in total. The number of aromatic amines is 1. The maximum atomic E-state index is 11.0. The van der Waals surface area contributed by atoms with Crippen LogP contribution in [0.4, 0.5) is 0 Å². The van der Waals surface area contributed by atoms with Gasteiger partial charge in [0.1, 0.15) is 9.99 Å². The Kier molecular flexibility index (Phi) is 1.44. The highest BCUT2D eigenvalue weighted by Gasteiger charge is 2.13. The molecule has 62 valence electrons. The van der Waals surface area contributed by atoms with Gasteiger partial charge in [-0.1, -0.05) is 0 Å². The zero-order valence-electron chi connectivity index (χ0n) is 5.67. The fourth-order valence-corrected chi connectivity index (χ4v) is 1.24. The van der Waals surface area contributed by atoms with E-state index in [0.717, 1.165) is 0 Å². The predicted octanol–water partition coefficient (Wildman–Crippen LogP) is 0.984. The number of hydrogen-bond acceptors (Lipinski definition) is 4. The average molecular weight is 231 g/mol. The highest BCUT2D eigenvalue weighted by molar-refractivity contribution is 9.10. The second-order valence-corrected chi connectivity index (χ2v) is 2.92. The number of furan rings is 1. The highest BCUT2D eigenvalue weighted by Crippen LogP contribution is 2.31. The molecule has 0 unspecified atom stereocenters. The van der Waals surface area contributed by atoms with Crippen LogP contribution in [-0.2, 0) is 0 Å². The molecule has 0 aliphatic rings. The summed E-state index contributed by atoms with van der Waals surface area (Å²) in [5.74, 6) is -0.339. The minimum absolute atomic E-state index is 0.0156. The van der Waals surface area contributed by atoms with Gasteiger partial charge in [0.2, 0.25) is 5.58 Å². The maximum absolute atomic E-state index is 11.0. The molecule has 2 N–H and O–H groups in total. The molecule has 0 radical (unpaired) electrons. The summed E-state index contributed by atoms with van der Waals surface area (Å²) in [6.07, 6.45) is 1.24. The number of aromatic hydroxyl groups is 1. The molecule has 0 saturated carbocycles. The third kappa shape index (κ3) is 0.845. The van der Waals surface area contributed by atoms with Crippen LogP contribution in [0.15, 0.2) is 20.0 Å². The van der Waals surface area contributed by atoms with Gasteiger partial charge in [0.15, 0.2) is 0 Å². The van der Waals surface area contributed by atoms with Crippen molar-refractivity contribution in [2.24, 2.45) is 0 Å². The second kappa shape index (κ2) is 2.34. The van der Waals surface area contributed by atoms with Crippen molar-refractivity contribution in [2.75, 3.05) is 0 Å². The van der Waals surface area contributed by atoms with Crippen molar-refractivity contribution >= 4 is 27.0 Å². The van der Waals surface area contributed by atoms with Crippen LogP contribution in [0.2, 0.25) is 0 Å². The molecule has 2 aromatic rings. The van der Waals surface area contributed by atoms with Gasteiger partial charge in [-0.25, -0.2) is 4.98 Å². The SMILES string of the molecule is O=c1[nH]cnc2c(Br)c(O)oc12. The van der Waals surface area contributed by atoms with E-state index in [9.17, 15) is 4.79 Å². The van der Waals surface area contributed by atoms with Crippen molar-refractivity contribution in [3.63, 3.8) is 0 Å². The van der Waals surface area contributed by atoms with Crippen LogP contribution in [0, 0.1) is 0 Å². The van der Waals surface area contributed by atoms with E-state index >= 15 is 0 Å². The van der Waals surface area contributed by atoms with E-state index in [2.05, 4.69) is 25.9 Å². The maximum Gasteiger partial charge on any atom is 0.299 e. The number of aromatic nitrogens is 2. The molecule has 0 amide bonds. The van der Waals surface area contributed by atoms with Crippen LogP contribution >= 0.6 is 15.9 Å². The second-order valence-electron chi connectivity index (χ2n) is 2.13. The van der Waals surface area contributed by atoms with Crippen LogP contribution in [-0.4, -0.2) is 15.1 Å². The van der Waals surface area contributed by atoms with Crippen LogP contribution in [0.5, 0.6) is 5.95 Å². The molecule has 0 fully saturated rings. The van der Waals surface area contributed by atoms with Gasteiger partial charge < -0.3 is 14.5 Å². The lowest BCUT2D eigenvalue weighted by molar-refractivity contribution is 0.342. The molecule has 0 saturated heterocycles. The molecule has 0 atom stereocenters. The number of H-pyrrole nitrogens is 1. The summed E-state index contributed by atoms with van der Waals surface area (Å²) in [6.45, 7) is 0. The van der Waals surface area contributed by atoms with E-state index in [1.54, 1.807) is 0 Å². The van der Waals surface area contributed by atoms with E-state index in [-0.39, 0.29) is 11.5 Å². The van der Waals surface area contributed by atoms with Gasteiger partial charge >= 0.3 is 0 Å². The molecule has 12 heavy (non-hydrogen) atoms. The van der Waals surface area contributed by atoms with Crippen molar-refractivity contribution in [2.45, 2.75) is 0 Å². The van der Waals surface area contributed by atoms with Gasteiger partial charge in [-0.05, 0) is 15.9 Å². The quantitative estimate of drug-likeness (QED) is 0.708. The van der Waals surface area contributed by atoms with Crippen molar-refractivity contribution in [3.05, 3.63) is 21.2 Å². The predicted molar refractivity (Wildman–Crippen MR) is 44.0 cm³/mol. The molecule has 0 aliphatic carbocycles. The summed E-state index contributed by atoms with van der Waals surface area (Å²) in [7, 11) is 0. The molecule has 2 aromatic heterocycles. The number of nitrogens with zero attached hydrogens (tertiary/aromatic N) is 1. The lowest BCUT2D eigenvalue weighted by Crippen LogP contribution is -2.03. The third-order valence-corrected chi connectivity index (χ3v) is 2.12. The first-order valence-corrected chi connectivity index (χ1v) is 3.84. The van der Waals surface area contributed by atoms with Crippen molar-refractivity contribution in [1.82, 2.24) is 9.97 Å². The van der Waals surface area contributed by atoms with Crippen LogP contribution in [0.25, 0.3) is 11.1 Å². The number of nitrogens with one attached hydrogen (secondary N) is 1. The third-order valence-electron chi connectivity index (χ3n) is 1.41.